The largest absolute Gasteiger partial charge is 0.335 e. The maximum absolute atomic E-state index is 13.1. The first-order valence-corrected chi connectivity index (χ1v) is 10.3. The van der Waals surface area contributed by atoms with Crippen LogP contribution in [0.3, 0.4) is 0 Å². The summed E-state index contributed by atoms with van der Waals surface area (Å²) in [4.78, 5) is 29.5. The lowest BCUT2D eigenvalue weighted by atomic mass is 10.0. The number of aromatic amines is 1. The fourth-order valence-corrected chi connectivity index (χ4v) is 3.75. The van der Waals surface area contributed by atoms with E-state index in [1.165, 1.54) is 5.56 Å². The minimum absolute atomic E-state index is 0.0192. The zero-order valence-corrected chi connectivity index (χ0v) is 17.3. The van der Waals surface area contributed by atoms with E-state index < -0.39 is 0 Å². The summed E-state index contributed by atoms with van der Waals surface area (Å²) in [5.74, 6) is 0.397. The Kier molecular flexibility index (Phi) is 5.65. The van der Waals surface area contributed by atoms with Crippen molar-refractivity contribution in [2.45, 2.75) is 19.8 Å². The standard InChI is InChI=1S/C24H26N4O2/c1-17(2)18-8-10-20(11-9-18)23(29)27-12-14-28(15-13-27)24(30)21-16-25-26-22(21)19-6-4-3-5-7-19/h3-11,16-17H,12-15H2,1-2H3,(H,25,26). The number of H-pyrrole nitrogens is 1. The molecule has 2 heterocycles. The molecule has 1 aliphatic rings. The number of aromatic nitrogens is 2. The average molecular weight is 402 g/mol. The molecule has 0 spiro atoms. The third-order valence-electron chi connectivity index (χ3n) is 5.61. The molecule has 2 amide bonds. The molecule has 1 aromatic heterocycles. The van der Waals surface area contributed by atoms with Crippen molar-refractivity contribution >= 4 is 11.8 Å². The van der Waals surface area contributed by atoms with Gasteiger partial charge in [0.2, 0.25) is 0 Å². The number of nitrogens with zero attached hydrogens (tertiary/aromatic N) is 3. The molecule has 0 atom stereocenters. The minimum atomic E-state index is -0.0593. The van der Waals surface area contributed by atoms with Crippen molar-refractivity contribution in [2.75, 3.05) is 26.2 Å². The molecule has 0 bridgehead atoms. The van der Waals surface area contributed by atoms with Crippen molar-refractivity contribution in [1.82, 2.24) is 20.0 Å². The fourth-order valence-electron chi connectivity index (χ4n) is 3.75. The highest BCUT2D eigenvalue weighted by Gasteiger charge is 2.27. The molecule has 1 fully saturated rings. The van der Waals surface area contributed by atoms with E-state index in [0.29, 0.717) is 43.2 Å². The van der Waals surface area contributed by atoms with Crippen LogP contribution < -0.4 is 0 Å². The highest BCUT2D eigenvalue weighted by Crippen LogP contribution is 2.23. The van der Waals surface area contributed by atoms with Crippen LogP contribution in [0.4, 0.5) is 0 Å². The molecule has 1 N–H and O–H groups in total. The Balaban J connectivity index is 1.41. The molecule has 2 aromatic carbocycles. The first kappa shape index (κ1) is 19.9. The van der Waals surface area contributed by atoms with Crippen LogP contribution in [0, 0.1) is 0 Å². The summed E-state index contributed by atoms with van der Waals surface area (Å²) in [6.45, 7) is 6.33. The number of benzene rings is 2. The molecule has 30 heavy (non-hydrogen) atoms. The maximum atomic E-state index is 13.1. The van der Waals surface area contributed by atoms with Crippen LogP contribution in [0.5, 0.6) is 0 Å². The van der Waals surface area contributed by atoms with E-state index in [2.05, 4.69) is 24.0 Å². The second-order valence-electron chi connectivity index (χ2n) is 7.89. The highest BCUT2D eigenvalue weighted by atomic mass is 16.2. The van der Waals surface area contributed by atoms with Crippen LogP contribution in [-0.2, 0) is 0 Å². The maximum Gasteiger partial charge on any atom is 0.257 e. The molecular formula is C24H26N4O2. The lowest BCUT2D eigenvalue weighted by molar-refractivity contribution is 0.0536. The van der Waals surface area contributed by atoms with E-state index in [1.54, 1.807) is 11.1 Å². The Morgan fingerprint density at radius 2 is 1.47 bits per heavy atom. The number of piperazine rings is 1. The van der Waals surface area contributed by atoms with Gasteiger partial charge in [0.15, 0.2) is 0 Å². The number of carbonyl (C=O) groups excluding carboxylic acids is 2. The van der Waals surface area contributed by atoms with E-state index in [0.717, 1.165) is 11.3 Å². The average Bonchev–Trinajstić information content (AvgIpc) is 3.29. The lowest BCUT2D eigenvalue weighted by Gasteiger charge is -2.34. The Bertz CT molecular complexity index is 1020. The topological polar surface area (TPSA) is 69.3 Å². The van der Waals surface area contributed by atoms with E-state index in [9.17, 15) is 9.59 Å². The lowest BCUT2D eigenvalue weighted by Crippen LogP contribution is -2.50. The smallest absolute Gasteiger partial charge is 0.257 e. The monoisotopic (exact) mass is 402 g/mol. The molecule has 6 heteroatoms. The van der Waals surface area contributed by atoms with Crippen molar-refractivity contribution in [3.63, 3.8) is 0 Å². The van der Waals surface area contributed by atoms with E-state index in [1.807, 2.05) is 59.5 Å². The van der Waals surface area contributed by atoms with Crippen molar-refractivity contribution in [2.24, 2.45) is 0 Å². The van der Waals surface area contributed by atoms with E-state index in [4.69, 9.17) is 0 Å². The molecule has 0 unspecified atom stereocenters. The summed E-state index contributed by atoms with van der Waals surface area (Å²) in [7, 11) is 0. The van der Waals surface area contributed by atoms with Crippen LogP contribution in [0.1, 0.15) is 46.0 Å². The van der Waals surface area contributed by atoms with E-state index >= 15 is 0 Å². The quantitative estimate of drug-likeness (QED) is 0.722. The predicted octanol–water partition coefficient (Wildman–Crippen LogP) is 3.80. The number of carbonyl (C=O) groups is 2. The van der Waals surface area contributed by atoms with Gasteiger partial charge in [-0.2, -0.15) is 5.10 Å². The normalized spacial score (nSPS) is 14.2. The molecule has 154 valence electrons. The second-order valence-corrected chi connectivity index (χ2v) is 7.89. The summed E-state index contributed by atoms with van der Waals surface area (Å²) in [5.41, 5.74) is 4.13. The summed E-state index contributed by atoms with van der Waals surface area (Å²) >= 11 is 0. The van der Waals surface area contributed by atoms with Crippen LogP contribution in [-0.4, -0.2) is 58.0 Å². The highest BCUT2D eigenvalue weighted by molar-refractivity contribution is 6.00. The Morgan fingerprint density at radius 1 is 0.867 bits per heavy atom. The molecule has 3 aromatic rings. The van der Waals surface area contributed by atoms with Gasteiger partial charge in [0.25, 0.3) is 11.8 Å². The van der Waals surface area contributed by atoms with Gasteiger partial charge in [0.05, 0.1) is 17.5 Å². The minimum Gasteiger partial charge on any atom is -0.335 e. The summed E-state index contributed by atoms with van der Waals surface area (Å²) in [6, 6.07) is 17.5. The van der Waals surface area contributed by atoms with Gasteiger partial charge in [-0.05, 0) is 23.6 Å². The zero-order chi connectivity index (χ0) is 21.1. The van der Waals surface area contributed by atoms with Gasteiger partial charge in [0.1, 0.15) is 0 Å². The third kappa shape index (κ3) is 3.99. The number of hydrogen-bond acceptors (Lipinski definition) is 3. The summed E-state index contributed by atoms with van der Waals surface area (Å²) < 4.78 is 0. The zero-order valence-electron chi connectivity index (χ0n) is 17.3. The van der Waals surface area contributed by atoms with Crippen LogP contribution in [0.15, 0.2) is 60.8 Å². The second kappa shape index (κ2) is 8.53. The van der Waals surface area contributed by atoms with Gasteiger partial charge in [-0.1, -0.05) is 56.3 Å². The first-order chi connectivity index (χ1) is 14.5. The molecule has 0 saturated carbocycles. The van der Waals surface area contributed by atoms with E-state index in [-0.39, 0.29) is 11.8 Å². The SMILES string of the molecule is CC(C)c1ccc(C(=O)N2CCN(C(=O)c3cn[nH]c3-c3ccccc3)CC2)cc1. The number of hydrogen-bond donors (Lipinski definition) is 1. The summed E-state index contributed by atoms with van der Waals surface area (Å²) in [5, 5.41) is 7.02. The van der Waals surface area contributed by atoms with Crippen LogP contribution in [0.25, 0.3) is 11.3 Å². The van der Waals surface area contributed by atoms with Gasteiger partial charge < -0.3 is 9.80 Å². The molecule has 4 rings (SSSR count). The Labute approximate surface area is 176 Å². The van der Waals surface area contributed by atoms with Crippen LogP contribution in [0.2, 0.25) is 0 Å². The molecule has 0 aliphatic carbocycles. The fraction of sp³-hybridized carbons (Fsp3) is 0.292. The van der Waals surface area contributed by atoms with Gasteiger partial charge in [-0.15, -0.1) is 0 Å². The number of rotatable bonds is 4. The van der Waals surface area contributed by atoms with Gasteiger partial charge in [-0.3, -0.25) is 14.7 Å². The van der Waals surface area contributed by atoms with Crippen molar-refractivity contribution in [1.29, 1.82) is 0 Å². The first-order valence-electron chi connectivity index (χ1n) is 10.3. The molecule has 0 radical (unpaired) electrons. The van der Waals surface area contributed by atoms with Gasteiger partial charge in [0, 0.05) is 37.3 Å². The van der Waals surface area contributed by atoms with Gasteiger partial charge in [-0.25, -0.2) is 0 Å². The van der Waals surface area contributed by atoms with Crippen molar-refractivity contribution in [3.05, 3.63) is 77.5 Å². The van der Waals surface area contributed by atoms with Crippen molar-refractivity contribution in [3.8, 4) is 11.3 Å². The van der Waals surface area contributed by atoms with Crippen LogP contribution >= 0.6 is 0 Å². The molecule has 6 nitrogen and oxygen atoms in total. The Morgan fingerprint density at radius 3 is 2.07 bits per heavy atom. The number of nitrogens with one attached hydrogen (secondary N) is 1. The Hall–Kier alpha value is -3.41. The van der Waals surface area contributed by atoms with Crippen molar-refractivity contribution < 1.29 is 9.59 Å². The predicted molar refractivity (Wildman–Crippen MR) is 116 cm³/mol. The third-order valence-corrected chi connectivity index (χ3v) is 5.61. The summed E-state index contributed by atoms with van der Waals surface area (Å²) in [6.07, 6.45) is 1.58. The molecule has 1 aliphatic heterocycles. The molecule has 1 saturated heterocycles. The van der Waals surface area contributed by atoms with Gasteiger partial charge >= 0.3 is 0 Å². The molecular weight excluding hydrogens is 376 g/mol. The number of amides is 2.